The number of aromatic nitrogens is 1. The van der Waals surface area contributed by atoms with Gasteiger partial charge in [0.15, 0.2) is 6.10 Å². The van der Waals surface area contributed by atoms with Gasteiger partial charge in [-0.15, -0.1) is 0 Å². The maximum absolute atomic E-state index is 12.3. The molecule has 4 N–H and O–H groups in total. The van der Waals surface area contributed by atoms with E-state index in [1.807, 2.05) is 18.2 Å². The largest absolute Gasteiger partial charge is 0.479 e. The van der Waals surface area contributed by atoms with Crippen molar-refractivity contribution in [2.75, 3.05) is 0 Å². The van der Waals surface area contributed by atoms with Crippen LogP contribution in [0.2, 0.25) is 5.02 Å². The number of halogens is 1. The van der Waals surface area contributed by atoms with Crippen LogP contribution < -0.4 is 26.2 Å². The van der Waals surface area contributed by atoms with Gasteiger partial charge in [-0.05, 0) is 31.2 Å². The number of benzene rings is 1. The highest BCUT2D eigenvalue weighted by molar-refractivity contribution is 6.32. The SMILES string of the molecule is CC(Oc1ccccc1Cl)C(=O)NC1NNC(c2ccccn2)N1. The molecule has 1 fully saturated rings. The predicted molar refractivity (Wildman–Crippen MR) is 89.9 cm³/mol. The molecule has 1 aromatic carbocycles. The van der Waals surface area contributed by atoms with Crippen LogP contribution in [0.3, 0.4) is 0 Å². The van der Waals surface area contributed by atoms with E-state index in [2.05, 4.69) is 26.5 Å². The van der Waals surface area contributed by atoms with E-state index in [0.29, 0.717) is 10.8 Å². The number of hydrogen-bond donors (Lipinski definition) is 4. The van der Waals surface area contributed by atoms with Crippen molar-refractivity contribution in [2.45, 2.75) is 25.5 Å². The average molecular weight is 348 g/mol. The molecule has 0 spiro atoms. The van der Waals surface area contributed by atoms with E-state index < -0.39 is 12.4 Å². The molecule has 1 aromatic heterocycles. The standard InChI is InChI=1S/C16H18ClN5O2/c1-10(24-13-8-3-2-6-11(13)17)15(23)20-16-19-14(21-22-16)12-7-4-5-9-18-12/h2-10,14,16,19,21-22H,1H3,(H,20,23). The third-order valence-electron chi connectivity index (χ3n) is 3.49. The molecule has 7 nitrogen and oxygen atoms in total. The molecule has 2 heterocycles. The van der Waals surface area contributed by atoms with Gasteiger partial charge >= 0.3 is 0 Å². The van der Waals surface area contributed by atoms with Crippen LogP contribution in [0.1, 0.15) is 18.8 Å². The smallest absolute Gasteiger partial charge is 0.263 e. The van der Waals surface area contributed by atoms with Crippen molar-refractivity contribution in [3.63, 3.8) is 0 Å². The van der Waals surface area contributed by atoms with Gasteiger partial charge in [0.1, 0.15) is 18.2 Å². The Hall–Kier alpha value is -2.19. The quantitative estimate of drug-likeness (QED) is 0.652. The molecule has 0 radical (unpaired) electrons. The third kappa shape index (κ3) is 4.01. The van der Waals surface area contributed by atoms with Gasteiger partial charge in [-0.25, -0.2) is 10.9 Å². The summed E-state index contributed by atoms with van der Waals surface area (Å²) in [5.41, 5.74) is 6.80. The molecule has 0 bridgehead atoms. The fraction of sp³-hybridized carbons (Fsp3) is 0.250. The van der Waals surface area contributed by atoms with Crippen LogP contribution in [0, 0.1) is 0 Å². The lowest BCUT2D eigenvalue weighted by Gasteiger charge is -2.18. The van der Waals surface area contributed by atoms with E-state index in [1.54, 1.807) is 37.4 Å². The van der Waals surface area contributed by atoms with Crippen LogP contribution in [0.25, 0.3) is 0 Å². The van der Waals surface area contributed by atoms with Crippen LogP contribution in [-0.4, -0.2) is 23.3 Å². The first-order chi connectivity index (χ1) is 11.6. The molecule has 0 aliphatic carbocycles. The minimum absolute atomic E-state index is 0.198. The number of carbonyl (C=O) groups excluding carboxylic acids is 1. The lowest BCUT2D eigenvalue weighted by Crippen LogP contribution is -2.52. The summed E-state index contributed by atoms with van der Waals surface area (Å²) in [5, 5.41) is 6.43. The molecular weight excluding hydrogens is 330 g/mol. The minimum atomic E-state index is -0.692. The highest BCUT2D eigenvalue weighted by Gasteiger charge is 2.27. The molecule has 1 amide bonds. The molecule has 24 heavy (non-hydrogen) atoms. The Morgan fingerprint density at radius 3 is 2.79 bits per heavy atom. The lowest BCUT2D eigenvalue weighted by molar-refractivity contribution is -0.128. The van der Waals surface area contributed by atoms with Gasteiger partial charge in [0, 0.05) is 6.20 Å². The van der Waals surface area contributed by atoms with Gasteiger partial charge in [-0.3, -0.25) is 15.1 Å². The number of nitrogens with one attached hydrogen (secondary N) is 4. The number of ether oxygens (including phenoxy) is 1. The Morgan fingerprint density at radius 2 is 2.04 bits per heavy atom. The van der Waals surface area contributed by atoms with Gasteiger partial charge in [-0.2, -0.15) is 0 Å². The zero-order valence-electron chi connectivity index (χ0n) is 13.0. The highest BCUT2D eigenvalue weighted by atomic mass is 35.5. The van der Waals surface area contributed by atoms with E-state index in [-0.39, 0.29) is 12.1 Å². The number of para-hydroxylation sites is 1. The number of hydrogen-bond acceptors (Lipinski definition) is 6. The normalized spacial score (nSPS) is 21.2. The first-order valence-electron chi connectivity index (χ1n) is 7.53. The highest BCUT2D eigenvalue weighted by Crippen LogP contribution is 2.24. The van der Waals surface area contributed by atoms with Gasteiger partial charge in [0.25, 0.3) is 5.91 Å². The van der Waals surface area contributed by atoms with E-state index in [4.69, 9.17) is 16.3 Å². The number of nitrogens with zero attached hydrogens (tertiary/aromatic N) is 1. The van der Waals surface area contributed by atoms with Crippen LogP contribution in [0.15, 0.2) is 48.7 Å². The fourth-order valence-corrected chi connectivity index (χ4v) is 2.42. The van der Waals surface area contributed by atoms with Crippen molar-refractivity contribution in [1.82, 2.24) is 26.5 Å². The van der Waals surface area contributed by atoms with Crippen LogP contribution in [0.5, 0.6) is 5.75 Å². The van der Waals surface area contributed by atoms with Crippen LogP contribution in [0.4, 0.5) is 0 Å². The van der Waals surface area contributed by atoms with Gasteiger partial charge in [0.2, 0.25) is 0 Å². The molecule has 2 aromatic rings. The van der Waals surface area contributed by atoms with E-state index in [9.17, 15) is 4.79 Å². The Bertz CT molecular complexity index is 700. The zero-order valence-corrected chi connectivity index (χ0v) is 13.7. The van der Waals surface area contributed by atoms with Crippen molar-refractivity contribution < 1.29 is 9.53 Å². The number of pyridine rings is 1. The van der Waals surface area contributed by atoms with Crippen molar-refractivity contribution in [3.8, 4) is 5.75 Å². The minimum Gasteiger partial charge on any atom is -0.479 e. The first-order valence-corrected chi connectivity index (χ1v) is 7.91. The van der Waals surface area contributed by atoms with Crippen molar-refractivity contribution >= 4 is 17.5 Å². The number of hydrazine groups is 1. The molecule has 8 heteroatoms. The first kappa shape index (κ1) is 16.7. The molecule has 0 saturated carbocycles. The molecule has 1 aliphatic rings. The fourth-order valence-electron chi connectivity index (χ4n) is 2.24. The van der Waals surface area contributed by atoms with Crippen molar-refractivity contribution in [1.29, 1.82) is 0 Å². The van der Waals surface area contributed by atoms with Gasteiger partial charge in [0.05, 0.1) is 10.7 Å². The summed E-state index contributed by atoms with van der Waals surface area (Å²) >= 11 is 6.03. The average Bonchev–Trinajstić information content (AvgIpc) is 3.06. The molecule has 1 saturated heterocycles. The van der Waals surface area contributed by atoms with Crippen molar-refractivity contribution in [2.24, 2.45) is 0 Å². The van der Waals surface area contributed by atoms with Gasteiger partial charge < -0.3 is 10.1 Å². The Kier molecular flexibility index (Phi) is 5.27. The molecule has 1 aliphatic heterocycles. The molecule has 3 unspecified atom stereocenters. The zero-order chi connectivity index (χ0) is 16.9. The number of amides is 1. The maximum atomic E-state index is 12.3. The van der Waals surface area contributed by atoms with Crippen LogP contribution >= 0.6 is 11.6 Å². The van der Waals surface area contributed by atoms with Crippen molar-refractivity contribution in [3.05, 3.63) is 59.4 Å². The Labute approximate surface area is 144 Å². The third-order valence-corrected chi connectivity index (χ3v) is 3.80. The topological polar surface area (TPSA) is 87.3 Å². The summed E-state index contributed by atoms with van der Waals surface area (Å²) in [6.45, 7) is 1.66. The second-order valence-corrected chi connectivity index (χ2v) is 5.68. The molecule has 3 rings (SSSR count). The Balaban J connectivity index is 1.53. The van der Waals surface area contributed by atoms with Crippen LogP contribution in [-0.2, 0) is 4.79 Å². The maximum Gasteiger partial charge on any atom is 0.263 e. The lowest BCUT2D eigenvalue weighted by atomic mass is 10.3. The summed E-state index contributed by atoms with van der Waals surface area (Å²) in [4.78, 5) is 16.5. The molecule has 126 valence electrons. The number of rotatable bonds is 5. The second kappa shape index (κ2) is 7.59. The molecule has 3 atom stereocenters. The summed E-state index contributed by atoms with van der Waals surface area (Å²) in [6, 6.07) is 12.7. The molecular formula is C16H18ClN5O2. The summed E-state index contributed by atoms with van der Waals surface area (Å²) in [7, 11) is 0. The summed E-state index contributed by atoms with van der Waals surface area (Å²) in [6.07, 6.45) is 0.380. The van der Waals surface area contributed by atoms with E-state index >= 15 is 0 Å². The van der Waals surface area contributed by atoms with E-state index in [1.165, 1.54) is 0 Å². The monoisotopic (exact) mass is 347 g/mol. The number of carbonyl (C=O) groups is 1. The van der Waals surface area contributed by atoms with Gasteiger partial charge in [-0.1, -0.05) is 29.8 Å². The Morgan fingerprint density at radius 1 is 1.25 bits per heavy atom. The predicted octanol–water partition coefficient (Wildman–Crippen LogP) is 1.30. The summed E-state index contributed by atoms with van der Waals surface area (Å²) < 4.78 is 5.60. The summed E-state index contributed by atoms with van der Waals surface area (Å²) in [5.74, 6) is 0.196. The second-order valence-electron chi connectivity index (χ2n) is 5.28. The van der Waals surface area contributed by atoms with E-state index in [0.717, 1.165) is 5.69 Å².